The standard InChI is InChI=1S/C18H19F2NO3S/c1-2-24-15-8-5-13(6-9-15)17-4-3-11-21(17)25(22,23)18-10-7-14(19)12-16(18)20/h5-10,12,17H,2-4,11H2,1H3. The molecule has 2 aromatic rings. The van der Waals surface area contributed by atoms with Crippen LogP contribution in [-0.2, 0) is 10.0 Å². The molecule has 0 aliphatic carbocycles. The van der Waals surface area contributed by atoms with Crippen molar-refractivity contribution in [3.05, 3.63) is 59.7 Å². The zero-order chi connectivity index (χ0) is 18.0. The van der Waals surface area contributed by atoms with Crippen molar-refractivity contribution in [2.24, 2.45) is 0 Å². The van der Waals surface area contributed by atoms with Gasteiger partial charge in [0.1, 0.15) is 22.3 Å². The maximum Gasteiger partial charge on any atom is 0.246 e. The fourth-order valence-corrected chi connectivity index (χ4v) is 4.85. The summed E-state index contributed by atoms with van der Waals surface area (Å²) in [5, 5.41) is 0. The summed E-state index contributed by atoms with van der Waals surface area (Å²) in [6.45, 7) is 2.74. The first-order chi connectivity index (χ1) is 11.9. The number of hydrogen-bond acceptors (Lipinski definition) is 3. The fourth-order valence-electron chi connectivity index (χ4n) is 3.12. The van der Waals surface area contributed by atoms with Crippen LogP contribution in [-0.4, -0.2) is 25.9 Å². The van der Waals surface area contributed by atoms with Crippen LogP contribution in [0, 0.1) is 11.6 Å². The third kappa shape index (κ3) is 3.52. The van der Waals surface area contributed by atoms with Crippen LogP contribution in [0.5, 0.6) is 5.75 Å². The minimum atomic E-state index is -4.04. The summed E-state index contributed by atoms with van der Waals surface area (Å²) in [4.78, 5) is -0.494. The average molecular weight is 367 g/mol. The number of hydrogen-bond donors (Lipinski definition) is 0. The van der Waals surface area contributed by atoms with E-state index in [1.165, 1.54) is 4.31 Å². The third-order valence-electron chi connectivity index (χ3n) is 4.26. The second-order valence-corrected chi connectivity index (χ2v) is 7.71. The summed E-state index contributed by atoms with van der Waals surface area (Å²) in [5.74, 6) is -1.17. The van der Waals surface area contributed by atoms with Gasteiger partial charge in [0, 0.05) is 12.6 Å². The molecule has 1 atom stereocenters. The molecule has 0 spiro atoms. The zero-order valence-electron chi connectivity index (χ0n) is 13.8. The van der Waals surface area contributed by atoms with Gasteiger partial charge in [-0.2, -0.15) is 4.31 Å². The van der Waals surface area contributed by atoms with Gasteiger partial charge in [0.15, 0.2) is 0 Å². The van der Waals surface area contributed by atoms with Crippen LogP contribution >= 0.6 is 0 Å². The molecule has 0 amide bonds. The second kappa shape index (κ2) is 7.09. The normalized spacial score (nSPS) is 18.4. The molecular weight excluding hydrogens is 348 g/mol. The quantitative estimate of drug-likeness (QED) is 0.805. The Hall–Kier alpha value is -1.99. The number of sulfonamides is 1. The number of ether oxygens (including phenoxy) is 1. The Bertz CT molecular complexity index is 853. The number of benzene rings is 2. The molecule has 1 aliphatic heterocycles. The third-order valence-corrected chi connectivity index (χ3v) is 6.20. The van der Waals surface area contributed by atoms with Gasteiger partial charge in [-0.1, -0.05) is 12.1 Å². The van der Waals surface area contributed by atoms with Crippen molar-refractivity contribution in [3.63, 3.8) is 0 Å². The number of halogens is 2. The Labute approximate surface area is 146 Å². The van der Waals surface area contributed by atoms with E-state index in [9.17, 15) is 17.2 Å². The first-order valence-corrected chi connectivity index (χ1v) is 9.57. The van der Waals surface area contributed by atoms with Crippen LogP contribution in [0.4, 0.5) is 8.78 Å². The minimum absolute atomic E-state index is 0.303. The Morgan fingerprint density at radius 3 is 2.52 bits per heavy atom. The molecule has 0 N–H and O–H groups in total. The summed E-state index contributed by atoms with van der Waals surface area (Å²) < 4.78 is 59.5. The summed E-state index contributed by atoms with van der Waals surface area (Å²) in [6.07, 6.45) is 1.33. The van der Waals surface area contributed by atoms with Gasteiger partial charge >= 0.3 is 0 Å². The van der Waals surface area contributed by atoms with Crippen molar-refractivity contribution in [1.29, 1.82) is 0 Å². The van der Waals surface area contributed by atoms with Gasteiger partial charge in [0.2, 0.25) is 10.0 Å². The predicted octanol–water partition coefficient (Wildman–Crippen LogP) is 3.89. The molecule has 2 aromatic carbocycles. The fraction of sp³-hybridized carbons (Fsp3) is 0.333. The van der Waals surface area contributed by atoms with E-state index in [2.05, 4.69) is 0 Å². The van der Waals surface area contributed by atoms with Gasteiger partial charge in [-0.15, -0.1) is 0 Å². The van der Waals surface area contributed by atoms with Crippen molar-refractivity contribution in [2.45, 2.75) is 30.7 Å². The lowest BCUT2D eigenvalue weighted by molar-refractivity contribution is 0.339. The molecule has 1 heterocycles. The molecule has 4 nitrogen and oxygen atoms in total. The van der Waals surface area contributed by atoms with Crippen LogP contribution < -0.4 is 4.74 Å². The largest absolute Gasteiger partial charge is 0.494 e. The van der Waals surface area contributed by atoms with Crippen molar-refractivity contribution in [2.75, 3.05) is 13.2 Å². The molecule has 3 rings (SSSR count). The van der Waals surface area contributed by atoms with E-state index in [0.717, 1.165) is 17.7 Å². The van der Waals surface area contributed by atoms with Gasteiger partial charge in [-0.3, -0.25) is 0 Å². The highest BCUT2D eigenvalue weighted by Crippen LogP contribution is 2.37. The van der Waals surface area contributed by atoms with Gasteiger partial charge in [0.05, 0.1) is 12.6 Å². The predicted molar refractivity (Wildman–Crippen MR) is 89.8 cm³/mol. The molecule has 0 bridgehead atoms. The second-order valence-electron chi connectivity index (χ2n) is 5.85. The van der Waals surface area contributed by atoms with Gasteiger partial charge < -0.3 is 4.74 Å². The van der Waals surface area contributed by atoms with E-state index >= 15 is 0 Å². The summed E-state index contributed by atoms with van der Waals surface area (Å²) in [6, 6.07) is 9.39. The molecule has 7 heteroatoms. The van der Waals surface area contributed by atoms with Crippen LogP contribution in [0.15, 0.2) is 47.4 Å². The average Bonchev–Trinajstić information content (AvgIpc) is 3.06. The van der Waals surface area contributed by atoms with Crippen LogP contribution in [0.25, 0.3) is 0 Å². The van der Waals surface area contributed by atoms with Crippen molar-refractivity contribution in [1.82, 2.24) is 4.31 Å². The monoisotopic (exact) mass is 367 g/mol. The number of rotatable bonds is 5. The lowest BCUT2D eigenvalue weighted by Crippen LogP contribution is -2.31. The molecule has 1 fully saturated rings. The number of nitrogens with zero attached hydrogens (tertiary/aromatic N) is 1. The van der Waals surface area contributed by atoms with E-state index in [0.29, 0.717) is 37.8 Å². The van der Waals surface area contributed by atoms with E-state index < -0.39 is 26.6 Å². The molecule has 1 saturated heterocycles. The van der Waals surface area contributed by atoms with Crippen molar-refractivity contribution < 1.29 is 21.9 Å². The molecule has 25 heavy (non-hydrogen) atoms. The Kier molecular flexibility index (Phi) is 5.06. The van der Waals surface area contributed by atoms with Crippen LogP contribution in [0.3, 0.4) is 0 Å². The molecule has 0 saturated carbocycles. The summed E-state index contributed by atoms with van der Waals surface area (Å²) in [7, 11) is -4.04. The minimum Gasteiger partial charge on any atom is -0.494 e. The zero-order valence-corrected chi connectivity index (χ0v) is 14.6. The first kappa shape index (κ1) is 17.8. The lowest BCUT2D eigenvalue weighted by atomic mass is 10.1. The highest BCUT2D eigenvalue weighted by molar-refractivity contribution is 7.89. The van der Waals surface area contributed by atoms with E-state index in [1.54, 1.807) is 12.1 Å². The van der Waals surface area contributed by atoms with E-state index in [4.69, 9.17) is 4.74 Å². The van der Waals surface area contributed by atoms with E-state index in [1.807, 2.05) is 19.1 Å². The molecule has 1 unspecified atom stereocenters. The highest BCUT2D eigenvalue weighted by Gasteiger charge is 2.37. The SMILES string of the molecule is CCOc1ccc(C2CCCN2S(=O)(=O)c2ccc(F)cc2F)cc1. The topological polar surface area (TPSA) is 46.6 Å². The van der Waals surface area contributed by atoms with Crippen molar-refractivity contribution >= 4 is 10.0 Å². The van der Waals surface area contributed by atoms with Gasteiger partial charge in [-0.05, 0) is 49.6 Å². The molecule has 1 aliphatic rings. The van der Waals surface area contributed by atoms with Crippen LogP contribution in [0.1, 0.15) is 31.4 Å². The summed E-state index contributed by atoms with van der Waals surface area (Å²) >= 11 is 0. The molecule has 0 radical (unpaired) electrons. The maximum absolute atomic E-state index is 14.0. The Morgan fingerprint density at radius 1 is 1.16 bits per heavy atom. The van der Waals surface area contributed by atoms with Gasteiger partial charge in [0.25, 0.3) is 0 Å². The Balaban J connectivity index is 1.92. The molecular formula is C18H19F2NO3S. The molecule has 0 aromatic heterocycles. The maximum atomic E-state index is 14.0. The molecule has 134 valence electrons. The van der Waals surface area contributed by atoms with Crippen LogP contribution in [0.2, 0.25) is 0 Å². The summed E-state index contributed by atoms with van der Waals surface area (Å²) in [5.41, 5.74) is 0.826. The van der Waals surface area contributed by atoms with Crippen molar-refractivity contribution in [3.8, 4) is 5.75 Å². The van der Waals surface area contributed by atoms with Gasteiger partial charge in [-0.25, -0.2) is 17.2 Å². The van der Waals surface area contributed by atoms with E-state index in [-0.39, 0.29) is 6.04 Å². The first-order valence-electron chi connectivity index (χ1n) is 8.13. The Morgan fingerprint density at radius 2 is 1.88 bits per heavy atom. The lowest BCUT2D eigenvalue weighted by Gasteiger charge is -2.24. The smallest absolute Gasteiger partial charge is 0.246 e. The highest BCUT2D eigenvalue weighted by atomic mass is 32.2.